The Morgan fingerprint density at radius 2 is 2.23 bits per heavy atom. The molecule has 0 unspecified atom stereocenters. The molecule has 1 aromatic rings. The quantitative estimate of drug-likeness (QED) is 0.752. The maximum absolute atomic E-state index is 7.40. The predicted octanol–water partition coefficient (Wildman–Crippen LogP) is 1.97. The lowest BCUT2D eigenvalue weighted by Gasteiger charge is -2.00. The molecule has 70 valence electrons. The molecule has 0 atom stereocenters. The van der Waals surface area contributed by atoms with Crippen molar-refractivity contribution in [3.63, 3.8) is 0 Å². The molecule has 1 aliphatic rings. The summed E-state index contributed by atoms with van der Waals surface area (Å²) in [7, 11) is 1.63. The van der Waals surface area contributed by atoms with Crippen LogP contribution in [0.1, 0.15) is 11.1 Å². The summed E-state index contributed by atoms with van der Waals surface area (Å²) in [6.45, 7) is 0.491. The van der Waals surface area contributed by atoms with Crippen molar-refractivity contribution in [2.75, 3.05) is 7.11 Å². The standard InChI is InChI=1S/C9H9NO2.ClH/c1-11-7-2-3-8-6(4-7)5-12-9(8)10;/h2-4,10H,5H2,1H3;1H. The maximum Gasteiger partial charge on any atom is 0.213 e. The van der Waals surface area contributed by atoms with Crippen molar-refractivity contribution in [2.24, 2.45) is 0 Å². The van der Waals surface area contributed by atoms with Gasteiger partial charge >= 0.3 is 0 Å². The minimum atomic E-state index is 0. The van der Waals surface area contributed by atoms with Crippen LogP contribution in [-0.2, 0) is 11.3 Å². The molecule has 0 aromatic heterocycles. The second-order valence-corrected chi connectivity index (χ2v) is 2.64. The molecule has 4 heteroatoms. The average Bonchev–Trinajstić information content (AvgIpc) is 2.47. The van der Waals surface area contributed by atoms with Crippen molar-refractivity contribution < 1.29 is 9.47 Å². The number of rotatable bonds is 1. The van der Waals surface area contributed by atoms with Gasteiger partial charge in [0.25, 0.3) is 0 Å². The highest BCUT2D eigenvalue weighted by atomic mass is 35.5. The number of hydrogen-bond donors (Lipinski definition) is 1. The minimum Gasteiger partial charge on any atom is -0.497 e. The van der Waals surface area contributed by atoms with Gasteiger partial charge in [-0.05, 0) is 18.2 Å². The Hall–Kier alpha value is -1.22. The van der Waals surface area contributed by atoms with Crippen molar-refractivity contribution in [3.8, 4) is 5.75 Å². The van der Waals surface area contributed by atoms with Gasteiger partial charge in [0, 0.05) is 11.1 Å². The zero-order chi connectivity index (χ0) is 8.55. The van der Waals surface area contributed by atoms with Crippen LogP contribution in [0.2, 0.25) is 0 Å². The van der Waals surface area contributed by atoms with Gasteiger partial charge in [0.2, 0.25) is 5.90 Å². The fourth-order valence-corrected chi connectivity index (χ4v) is 1.27. The summed E-state index contributed by atoms with van der Waals surface area (Å²) in [6, 6.07) is 5.59. The molecule has 0 bridgehead atoms. The van der Waals surface area contributed by atoms with Crippen molar-refractivity contribution >= 4 is 18.3 Å². The number of hydrogen-bond acceptors (Lipinski definition) is 3. The van der Waals surface area contributed by atoms with Crippen LogP contribution in [0.3, 0.4) is 0 Å². The SMILES string of the molecule is COc1ccc2c(c1)COC2=N.Cl. The minimum absolute atomic E-state index is 0. The van der Waals surface area contributed by atoms with Crippen molar-refractivity contribution in [2.45, 2.75) is 6.61 Å². The highest BCUT2D eigenvalue weighted by molar-refractivity contribution is 5.95. The maximum atomic E-state index is 7.40. The van der Waals surface area contributed by atoms with Crippen LogP contribution < -0.4 is 4.74 Å². The molecular weight excluding hydrogens is 190 g/mol. The first-order valence-corrected chi connectivity index (χ1v) is 3.70. The van der Waals surface area contributed by atoms with Gasteiger partial charge in [-0.25, -0.2) is 0 Å². The third-order valence-corrected chi connectivity index (χ3v) is 1.93. The first-order valence-electron chi connectivity index (χ1n) is 3.70. The summed E-state index contributed by atoms with van der Waals surface area (Å²) in [4.78, 5) is 0. The molecule has 2 rings (SSSR count). The fraction of sp³-hybridized carbons (Fsp3) is 0.222. The van der Waals surface area contributed by atoms with Gasteiger partial charge in [-0.1, -0.05) is 0 Å². The van der Waals surface area contributed by atoms with Crippen LogP contribution in [0, 0.1) is 5.41 Å². The predicted molar refractivity (Wildman–Crippen MR) is 51.9 cm³/mol. The third kappa shape index (κ3) is 1.60. The van der Waals surface area contributed by atoms with Crippen LogP contribution in [0.15, 0.2) is 18.2 Å². The number of methoxy groups -OCH3 is 1. The van der Waals surface area contributed by atoms with E-state index in [1.165, 1.54) is 0 Å². The molecule has 13 heavy (non-hydrogen) atoms. The Kier molecular flexibility index (Phi) is 2.78. The smallest absolute Gasteiger partial charge is 0.213 e. The lowest BCUT2D eigenvalue weighted by molar-refractivity contribution is 0.309. The molecule has 0 radical (unpaired) electrons. The topological polar surface area (TPSA) is 42.3 Å². The van der Waals surface area contributed by atoms with E-state index in [1.54, 1.807) is 7.11 Å². The number of benzene rings is 1. The normalized spacial score (nSPS) is 12.8. The van der Waals surface area contributed by atoms with Gasteiger partial charge in [-0.2, -0.15) is 0 Å². The number of halogens is 1. The molecule has 1 aliphatic heterocycles. The van der Waals surface area contributed by atoms with Crippen molar-refractivity contribution in [3.05, 3.63) is 29.3 Å². The van der Waals surface area contributed by atoms with E-state index in [-0.39, 0.29) is 18.3 Å². The fourth-order valence-electron chi connectivity index (χ4n) is 1.27. The molecule has 0 amide bonds. The van der Waals surface area contributed by atoms with E-state index >= 15 is 0 Å². The van der Waals surface area contributed by atoms with Gasteiger partial charge in [0.1, 0.15) is 12.4 Å². The van der Waals surface area contributed by atoms with E-state index in [0.717, 1.165) is 16.9 Å². The third-order valence-electron chi connectivity index (χ3n) is 1.93. The number of ether oxygens (including phenoxy) is 2. The zero-order valence-corrected chi connectivity index (χ0v) is 7.98. The summed E-state index contributed by atoms with van der Waals surface area (Å²) in [6.07, 6.45) is 0. The summed E-state index contributed by atoms with van der Waals surface area (Å²) >= 11 is 0. The Labute approximate surface area is 82.6 Å². The van der Waals surface area contributed by atoms with E-state index in [0.29, 0.717) is 6.61 Å². The van der Waals surface area contributed by atoms with Gasteiger partial charge in [-0.3, -0.25) is 5.41 Å². The van der Waals surface area contributed by atoms with Crippen molar-refractivity contribution in [1.29, 1.82) is 5.41 Å². The summed E-state index contributed by atoms with van der Waals surface area (Å²) in [5.41, 5.74) is 1.90. The second kappa shape index (κ2) is 3.66. The van der Waals surface area contributed by atoms with Gasteiger partial charge in [0.05, 0.1) is 7.11 Å². The van der Waals surface area contributed by atoms with Crippen LogP contribution in [0.4, 0.5) is 0 Å². The highest BCUT2D eigenvalue weighted by Gasteiger charge is 2.17. The van der Waals surface area contributed by atoms with E-state index in [9.17, 15) is 0 Å². The Morgan fingerprint density at radius 3 is 2.92 bits per heavy atom. The largest absolute Gasteiger partial charge is 0.497 e. The van der Waals surface area contributed by atoms with Crippen LogP contribution in [0.5, 0.6) is 5.75 Å². The molecule has 0 fully saturated rings. The number of nitrogens with one attached hydrogen (secondary N) is 1. The molecule has 3 nitrogen and oxygen atoms in total. The number of fused-ring (bicyclic) bond motifs is 1. The van der Waals surface area contributed by atoms with E-state index < -0.39 is 0 Å². The molecule has 0 saturated carbocycles. The first-order chi connectivity index (χ1) is 5.81. The zero-order valence-electron chi connectivity index (χ0n) is 7.16. The Balaban J connectivity index is 0.000000845. The summed E-state index contributed by atoms with van der Waals surface area (Å²) in [5, 5.41) is 7.40. The second-order valence-electron chi connectivity index (χ2n) is 2.64. The molecule has 0 aliphatic carbocycles. The molecule has 1 heterocycles. The average molecular weight is 200 g/mol. The molecular formula is C9H10ClNO2. The van der Waals surface area contributed by atoms with Gasteiger partial charge < -0.3 is 9.47 Å². The van der Waals surface area contributed by atoms with Crippen LogP contribution >= 0.6 is 12.4 Å². The molecule has 1 aromatic carbocycles. The van der Waals surface area contributed by atoms with Crippen LogP contribution in [-0.4, -0.2) is 13.0 Å². The van der Waals surface area contributed by atoms with E-state index in [1.807, 2.05) is 18.2 Å². The monoisotopic (exact) mass is 199 g/mol. The molecule has 0 saturated heterocycles. The van der Waals surface area contributed by atoms with Gasteiger partial charge in [0.15, 0.2) is 0 Å². The first kappa shape index (κ1) is 9.86. The van der Waals surface area contributed by atoms with Crippen molar-refractivity contribution in [1.82, 2.24) is 0 Å². The molecule has 1 N–H and O–H groups in total. The summed E-state index contributed by atoms with van der Waals surface area (Å²) < 4.78 is 10.1. The van der Waals surface area contributed by atoms with E-state index in [2.05, 4.69) is 0 Å². The lowest BCUT2D eigenvalue weighted by Crippen LogP contribution is -1.93. The lowest BCUT2D eigenvalue weighted by atomic mass is 10.1. The Morgan fingerprint density at radius 1 is 1.46 bits per heavy atom. The summed E-state index contributed by atoms with van der Waals surface area (Å²) in [5.74, 6) is 1.07. The molecule has 0 spiro atoms. The highest BCUT2D eigenvalue weighted by Crippen LogP contribution is 2.23. The van der Waals surface area contributed by atoms with Crippen LogP contribution in [0.25, 0.3) is 0 Å². The van der Waals surface area contributed by atoms with E-state index in [4.69, 9.17) is 14.9 Å². The Bertz CT molecular complexity index is 338. The van der Waals surface area contributed by atoms with Gasteiger partial charge in [-0.15, -0.1) is 12.4 Å².